The predicted molar refractivity (Wildman–Crippen MR) is 90.4 cm³/mol. The Labute approximate surface area is 143 Å². The number of esters is 1. The van der Waals surface area contributed by atoms with Crippen LogP contribution >= 0.6 is 0 Å². The van der Waals surface area contributed by atoms with Crippen LogP contribution < -0.4 is 5.32 Å². The molecule has 1 N–H and O–H groups in total. The van der Waals surface area contributed by atoms with Crippen LogP contribution in [0.15, 0.2) is 30.3 Å². The number of carbonyl (C=O) groups is 1. The zero-order valence-corrected chi connectivity index (χ0v) is 14.5. The Morgan fingerprint density at radius 3 is 2.71 bits per heavy atom. The van der Waals surface area contributed by atoms with Crippen molar-refractivity contribution in [2.75, 3.05) is 19.8 Å². The zero-order chi connectivity index (χ0) is 17.0. The van der Waals surface area contributed by atoms with Gasteiger partial charge in [-0.25, -0.2) is 0 Å². The Kier molecular flexibility index (Phi) is 5.54. The fourth-order valence-corrected chi connectivity index (χ4v) is 3.78. The van der Waals surface area contributed by atoms with Crippen LogP contribution in [0.4, 0.5) is 0 Å². The van der Waals surface area contributed by atoms with Gasteiger partial charge in [0, 0.05) is 24.9 Å². The molecule has 1 saturated carbocycles. The second-order valence-electron chi connectivity index (χ2n) is 6.61. The fourth-order valence-electron chi connectivity index (χ4n) is 3.78. The molecule has 24 heavy (non-hydrogen) atoms. The number of hydrogen-bond acceptors (Lipinski definition) is 5. The Morgan fingerprint density at radius 2 is 2.04 bits per heavy atom. The van der Waals surface area contributed by atoms with E-state index in [-0.39, 0.29) is 24.0 Å². The Morgan fingerprint density at radius 1 is 1.33 bits per heavy atom. The van der Waals surface area contributed by atoms with Gasteiger partial charge in [0.1, 0.15) is 0 Å². The molecule has 2 aliphatic rings. The Balaban J connectivity index is 1.74. The van der Waals surface area contributed by atoms with Gasteiger partial charge in [0.25, 0.3) is 0 Å². The molecule has 1 heterocycles. The van der Waals surface area contributed by atoms with E-state index >= 15 is 0 Å². The Hall–Kier alpha value is -1.43. The standard InChI is InChI=1S/C19H27NO4/c1-3-22-18(21)16-9-10-19(23-11-12-24-19)13-17(16)20-14(2)15-7-5-4-6-8-15/h4-8,14,16-17,20H,3,9-13H2,1-2H3/t14-,16+,17+/m0/s1. The molecule has 0 unspecified atom stereocenters. The van der Waals surface area contributed by atoms with Gasteiger partial charge in [-0.1, -0.05) is 30.3 Å². The zero-order valence-electron chi connectivity index (χ0n) is 14.5. The summed E-state index contributed by atoms with van der Waals surface area (Å²) in [6.45, 7) is 5.64. The van der Waals surface area contributed by atoms with Crippen LogP contribution in [0.3, 0.4) is 0 Å². The van der Waals surface area contributed by atoms with Crippen molar-refractivity contribution >= 4 is 5.97 Å². The van der Waals surface area contributed by atoms with Gasteiger partial charge in [0.05, 0.1) is 25.7 Å². The van der Waals surface area contributed by atoms with Gasteiger partial charge in [-0.15, -0.1) is 0 Å². The van der Waals surface area contributed by atoms with Gasteiger partial charge in [0.2, 0.25) is 0 Å². The summed E-state index contributed by atoms with van der Waals surface area (Å²) in [5.74, 6) is -0.811. The van der Waals surface area contributed by atoms with E-state index in [2.05, 4.69) is 24.4 Å². The molecule has 1 saturated heterocycles. The van der Waals surface area contributed by atoms with Crippen molar-refractivity contribution in [3.63, 3.8) is 0 Å². The average molecular weight is 333 g/mol. The molecule has 3 rings (SSSR count). The van der Waals surface area contributed by atoms with E-state index in [0.29, 0.717) is 26.2 Å². The molecule has 1 spiro atoms. The average Bonchev–Trinajstić information content (AvgIpc) is 3.04. The van der Waals surface area contributed by atoms with E-state index in [1.54, 1.807) is 0 Å². The van der Waals surface area contributed by atoms with Crippen molar-refractivity contribution in [2.45, 2.75) is 51.0 Å². The molecular formula is C19H27NO4. The quantitative estimate of drug-likeness (QED) is 0.840. The highest BCUT2D eigenvalue weighted by Crippen LogP contribution is 2.39. The summed E-state index contributed by atoms with van der Waals surface area (Å²) in [6.07, 6.45) is 2.14. The lowest BCUT2D eigenvalue weighted by atomic mass is 9.80. The van der Waals surface area contributed by atoms with E-state index in [1.165, 1.54) is 5.56 Å². The van der Waals surface area contributed by atoms with E-state index in [0.717, 1.165) is 12.8 Å². The highest BCUT2D eigenvalue weighted by Gasteiger charge is 2.47. The molecule has 3 atom stereocenters. The molecule has 1 aromatic rings. The number of hydrogen-bond donors (Lipinski definition) is 1. The van der Waals surface area contributed by atoms with Crippen LogP contribution in [0.5, 0.6) is 0 Å². The minimum Gasteiger partial charge on any atom is -0.466 e. The van der Waals surface area contributed by atoms with Crippen LogP contribution in [0.2, 0.25) is 0 Å². The molecule has 2 fully saturated rings. The lowest BCUT2D eigenvalue weighted by molar-refractivity contribution is -0.194. The topological polar surface area (TPSA) is 56.8 Å². The third-order valence-electron chi connectivity index (χ3n) is 5.02. The summed E-state index contributed by atoms with van der Waals surface area (Å²) in [6, 6.07) is 10.4. The van der Waals surface area contributed by atoms with Crippen LogP contribution in [0.1, 0.15) is 44.7 Å². The van der Waals surface area contributed by atoms with E-state index < -0.39 is 5.79 Å². The van der Waals surface area contributed by atoms with Gasteiger partial charge in [0.15, 0.2) is 5.79 Å². The van der Waals surface area contributed by atoms with Crippen molar-refractivity contribution in [3.8, 4) is 0 Å². The first-order valence-electron chi connectivity index (χ1n) is 8.89. The number of carbonyl (C=O) groups excluding carboxylic acids is 1. The van der Waals surface area contributed by atoms with Crippen molar-refractivity contribution in [1.29, 1.82) is 0 Å². The number of ether oxygens (including phenoxy) is 3. The lowest BCUT2D eigenvalue weighted by Gasteiger charge is -2.41. The number of benzene rings is 1. The van der Waals surface area contributed by atoms with Gasteiger partial charge >= 0.3 is 5.97 Å². The third kappa shape index (κ3) is 3.79. The molecule has 0 aromatic heterocycles. The van der Waals surface area contributed by atoms with Gasteiger partial charge in [-0.3, -0.25) is 4.79 Å². The van der Waals surface area contributed by atoms with Crippen molar-refractivity contribution in [2.24, 2.45) is 5.92 Å². The van der Waals surface area contributed by atoms with Gasteiger partial charge in [-0.2, -0.15) is 0 Å². The molecule has 5 heteroatoms. The number of nitrogens with one attached hydrogen (secondary N) is 1. The smallest absolute Gasteiger partial charge is 0.310 e. The predicted octanol–water partition coefficient (Wildman–Crippen LogP) is 2.81. The van der Waals surface area contributed by atoms with Crippen molar-refractivity contribution in [1.82, 2.24) is 5.32 Å². The van der Waals surface area contributed by atoms with Crippen LogP contribution in [0.25, 0.3) is 0 Å². The highest BCUT2D eigenvalue weighted by atomic mass is 16.7. The van der Waals surface area contributed by atoms with E-state index in [1.807, 2.05) is 25.1 Å². The third-order valence-corrected chi connectivity index (χ3v) is 5.02. The van der Waals surface area contributed by atoms with Gasteiger partial charge in [-0.05, 0) is 25.8 Å². The second kappa shape index (κ2) is 7.64. The normalized spacial score (nSPS) is 27.1. The summed E-state index contributed by atoms with van der Waals surface area (Å²) >= 11 is 0. The first kappa shape index (κ1) is 17.4. The molecule has 1 aromatic carbocycles. The minimum absolute atomic E-state index is 0.0221. The fraction of sp³-hybridized carbons (Fsp3) is 0.632. The highest BCUT2D eigenvalue weighted by molar-refractivity contribution is 5.73. The van der Waals surface area contributed by atoms with Crippen LogP contribution in [-0.2, 0) is 19.0 Å². The van der Waals surface area contributed by atoms with Crippen LogP contribution in [-0.4, -0.2) is 37.6 Å². The molecule has 0 radical (unpaired) electrons. The molecule has 1 aliphatic carbocycles. The summed E-state index contributed by atoms with van der Waals surface area (Å²) in [7, 11) is 0. The second-order valence-corrected chi connectivity index (χ2v) is 6.61. The van der Waals surface area contributed by atoms with Crippen LogP contribution in [0, 0.1) is 5.92 Å². The maximum Gasteiger partial charge on any atom is 0.310 e. The van der Waals surface area contributed by atoms with Gasteiger partial charge < -0.3 is 19.5 Å². The summed E-state index contributed by atoms with van der Waals surface area (Å²) in [5.41, 5.74) is 1.20. The molecular weight excluding hydrogens is 306 g/mol. The maximum atomic E-state index is 12.4. The Bertz CT molecular complexity index is 542. The molecule has 132 valence electrons. The SMILES string of the molecule is CCOC(=O)[C@@H]1CCC2(C[C@H]1N[C@@H](C)c1ccccc1)OCCO2. The number of rotatable bonds is 5. The maximum absolute atomic E-state index is 12.4. The lowest BCUT2D eigenvalue weighted by Crippen LogP contribution is -2.52. The van der Waals surface area contributed by atoms with E-state index in [9.17, 15) is 4.79 Å². The molecule has 0 amide bonds. The van der Waals surface area contributed by atoms with Crippen molar-refractivity contribution in [3.05, 3.63) is 35.9 Å². The summed E-state index contributed by atoms with van der Waals surface area (Å²) < 4.78 is 17.0. The largest absolute Gasteiger partial charge is 0.466 e. The monoisotopic (exact) mass is 333 g/mol. The molecule has 5 nitrogen and oxygen atoms in total. The summed E-state index contributed by atoms with van der Waals surface area (Å²) in [4.78, 5) is 12.4. The van der Waals surface area contributed by atoms with Crippen molar-refractivity contribution < 1.29 is 19.0 Å². The van der Waals surface area contributed by atoms with E-state index in [4.69, 9.17) is 14.2 Å². The minimum atomic E-state index is -0.531. The molecule has 1 aliphatic heterocycles. The first-order valence-corrected chi connectivity index (χ1v) is 8.89. The molecule has 0 bridgehead atoms. The first-order chi connectivity index (χ1) is 11.6. The summed E-state index contributed by atoms with van der Waals surface area (Å²) in [5, 5.41) is 3.61.